The van der Waals surface area contributed by atoms with Crippen molar-refractivity contribution in [3.63, 3.8) is 0 Å². The summed E-state index contributed by atoms with van der Waals surface area (Å²) in [5.41, 5.74) is 0. The maximum absolute atomic E-state index is 9.52. The van der Waals surface area contributed by atoms with Gasteiger partial charge in [0.2, 0.25) is 0 Å². The van der Waals surface area contributed by atoms with E-state index in [0.29, 0.717) is 12.6 Å². The van der Waals surface area contributed by atoms with Crippen molar-refractivity contribution >= 4 is 0 Å². The Morgan fingerprint density at radius 1 is 1.55 bits per heavy atom. The van der Waals surface area contributed by atoms with Crippen LogP contribution in [0.4, 0.5) is 0 Å². The van der Waals surface area contributed by atoms with Gasteiger partial charge in [0.05, 0.1) is 6.61 Å². The van der Waals surface area contributed by atoms with Crippen LogP contribution in [-0.2, 0) is 4.74 Å². The SMILES string of the molecule is CC(C)N1CCCOCC1O. The van der Waals surface area contributed by atoms with E-state index in [1.54, 1.807) is 0 Å². The first kappa shape index (κ1) is 8.97. The van der Waals surface area contributed by atoms with E-state index in [2.05, 4.69) is 18.7 Å². The van der Waals surface area contributed by atoms with Gasteiger partial charge >= 0.3 is 0 Å². The lowest BCUT2D eigenvalue weighted by molar-refractivity contribution is -0.0475. The molecule has 1 aliphatic rings. The largest absolute Gasteiger partial charge is 0.377 e. The predicted molar refractivity (Wildman–Crippen MR) is 43.3 cm³/mol. The van der Waals surface area contributed by atoms with E-state index in [9.17, 15) is 5.11 Å². The van der Waals surface area contributed by atoms with Crippen molar-refractivity contribution in [2.75, 3.05) is 19.8 Å². The van der Waals surface area contributed by atoms with E-state index >= 15 is 0 Å². The minimum atomic E-state index is -0.405. The summed E-state index contributed by atoms with van der Waals surface area (Å²) >= 11 is 0. The van der Waals surface area contributed by atoms with Crippen LogP contribution in [-0.4, -0.2) is 42.0 Å². The van der Waals surface area contributed by atoms with Crippen LogP contribution >= 0.6 is 0 Å². The maximum Gasteiger partial charge on any atom is 0.131 e. The Morgan fingerprint density at radius 2 is 2.27 bits per heavy atom. The molecule has 66 valence electrons. The zero-order chi connectivity index (χ0) is 8.27. The summed E-state index contributed by atoms with van der Waals surface area (Å²) in [4.78, 5) is 2.06. The van der Waals surface area contributed by atoms with E-state index in [-0.39, 0.29) is 0 Å². The molecule has 0 amide bonds. The van der Waals surface area contributed by atoms with Gasteiger partial charge in [0, 0.05) is 19.2 Å². The van der Waals surface area contributed by atoms with Gasteiger partial charge in [-0.3, -0.25) is 4.90 Å². The minimum Gasteiger partial charge on any atom is -0.377 e. The van der Waals surface area contributed by atoms with Gasteiger partial charge in [0.15, 0.2) is 0 Å². The molecule has 1 N–H and O–H groups in total. The van der Waals surface area contributed by atoms with E-state index in [0.717, 1.165) is 19.6 Å². The Labute approximate surface area is 68.0 Å². The molecular formula is C8H17NO2. The number of hydrogen-bond donors (Lipinski definition) is 1. The summed E-state index contributed by atoms with van der Waals surface area (Å²) < 4.78 is 5.20. The van der Waals surface area contributed by atoms with Gasteiger partial charge in [-0.1, -0.05) is 0 Å². The number of aliphatic hydroxyl groups excluding tert-OH is 1. The van der Waals surface area contributed by atoms with Crippen molar-refractivity contribution in [1.29, 1.82) is 0 Å². The molecule has 1 fully saturated rings. The third-order valence-electron chi connectivity index (χ3n) is 2.02. The number of aliphatic hydroxyl groups is 1. The average Bonchev–Trinajstić information content (AvgIpc) is 2.13. The molecule has 0 spiro atoms. The second-order valence-corrected chi connectivity index (χ2v) is 3.24. The summed E-state index contributed by atoms with van der Waals surface area (Å²) in [6.45, 7) is 6.36. The molecule has 3 heteroatoms. The van der Waals surface area contributed by atoms with Crippen LogP contribution < -0.4 is 0 Å². The lowest BCUT2D eigenvalue weighted by atomic mass is 10.3. The highest BCUT2D eigenvalue weighted by atomic mass is 16.5. The van der Waals surface area contributed by atoms with Gasteiger partial charge in [-0.15, -0.1) is 0 Å². The molecule has 1 unspecified atom stereocenters. The van der Waals surface area contributed by atoms with Crippen molar-refractivity contribution < 1.29 is 9.84 Å². The molecule has 1 heterocycles. The van der Waals surface area contributed by atoms with Crippen LogP contribution in [0.25, 0.3) is 0 Å². The third-order valence-corrected chi connectivity index (χ3v) is 2.02. The normalized spacial score (nSPS) is 28.9. The van der Waals surface area contributed by atoms with E-state index < -0.39 is 6.23 Å². The molecule has 0 saturated carbocycles. The Morgan fingerprint density at radius 3 is 2.91 bits per heavy atom. The van der Waals surface area contributed by atoms with Crippen molar-refractivity contribution in [2.45, 2.75) is 32.5 Å². The fraction of sp³-hybridized carbons (Fsp3) is 1.00. The fourth-order valence-electron chi connectivity index (χ4n) is 1.39. The maximum atomic E-state index is 9.52. The van der Waals surface area contributed by atoms with Crippen LogP contribution in [0.1, 0.15) is 20.3 Å². The number of hydrogen-bond acceptors (Lipinski definition) is 3. The molecule has 1 rings (SSSR count). The van der Waals surface area contributed by atoms with Crippen LogP contribution in [0.3, 0.4) is 0 Å². The highest BCUT2D eigenvalue weighted by molar-refractivity contribution is 4.68. The standard InChI is InChI=1S/C8H17NO2/c1-7(2)9-4-3-5-11-6-8(9)10/h7-8,10H,3-6H2,1-2H3. The van der Waals surface area contributed by atoms with Crippen molar-refractivity contribution in [3.8, 4) is 0 Å². The van der Waals surface area contributed by atoms with Crippen molar-refractivity contribution in [1.82, 2.24) is 4.90 Å². The minimum absolute atomic E-state index is 0.405. The Balaban J connectivity index is 2.45. The molecular weight excluding hydrogens is 142 g/mol. The van der Waals surface area contributed by atoms with E-state index in [1.165, 1.54) is 0 Å². The summed E-state index contributed by atoms with van der Waals surface area (Å²) in [5, 5.41) is 9.52. The van der Waals surface area contributed by atoms with Gasteiger partial charge in [-0.25, -0.2) is 0 Å². The first-order valence-corrected chi connectivity index (χ1v) is 4.23. The molecule has 0 aromatic heterocycles. The summed E-state index contributed by atoms with van der Waals surface area (Å²) in [6.07, 6.45) is 0.618. The Kier molecular flexibility index (Phi) is 3.30. The van der Waals surface area contributed by atoms with Gasteiger partial charge in [-0.05, 0) is 20.3 Å². The lowest BCUT2D eigenvalue weighted by Gasteiger charge is -2.28. The van der Waals surface area contributed by atoms with E-state index in [4.69, 9.17) is 4.74 Å². The van der Waals surface area contributed by atoms with Gasteiger partial charge in [0.1, 0.15) is 6.23 Å². The lowest BCUT2D eigenvalue weighted by Crippen LogP contribution is -2.41. The number of ether oxygens (including phenoxy) is 1. The topological polar surface area (TPSA) is 32.7 Å². The zero-order valence-corrected chi connectivity index (χ0v) is 7.29. The predicted octanol–water partition coefficient (Wildman–Crippen LogP) is 0.435. The monoisotopic (exact) mass is 159 g/mol. The molecule has 0 aliphatic carbocycles. The quantitative estimate of drug-likeness (QED) is 0.602. The molecule has 1 aliphatic heterocycles. The van der Waals surface area contributed by atoms with Crippen LogP contribution in [0.5, 0.6) is 0 Å². The number of nitrogens with zero attached hydrogens (tertiary/aromatic N) is 1. The molecule has 0 aromatic rings. The van der Waals surface area contributed by atoms with Crippen molar-refractivity contribution in [2.24, 2.45) is 0 Å². The van der Waals surface area contributed by atoms with Crippen LogP contribution in [0, 0.1) is 0 Å². The molecule has 1 saturated heterocycles. The summed E-state index contributed by atoms with van der Waals surface area (Å²) in [5.74, 6) is 0. The average molecular weight is 159 g/mol. The molecule has 0 bridgehead atoms. The summed E-state index contributed by atoms with van der Waals surface area (Å²) in [6, 6.07) is 0.409. The highest BCUT2D eigenvalue weighted by Crippen LogP contribution is 2.08. The first-order chi connectivity index (χ1) is 5.22. The zero-order valence-electron chi connectivity index (χ0n) is 7.29. The Hall–Kier alpha value is -0.120. The smallest absolute Gasteiger partial charge is 0.131 e. The summed E-state index contributed by atoms with van der Waals surface area (Å²) in [7, 11) is 0. The molecule has 11 heavy (non-hydrogen) atoms. The fourth-order valence-corrected chi connectivity index (χ4v) is 1.39. The first-order valence-electron chi connectivity index (χ1n) is 4.23. The molecule has 0 radical (unpaired) electrons. The van der Waals surface area contributed by atoms with Gasteiger partial charge in [0.25, 0.3) is 0 Å². The van der Waals surface area contributed by atoms with E-state index in [1.807, 2.05) is 0 Å². The highest BCUT2D eigenvalue weighted by Gasteiger charge is 2.20. The van der Waals surface area contributed by atoms with Gasteiger partial charge in [-0.2, -0.15) is 0 Å². The number of rotatable bonds is 1. The molecule has 1 atom stereocenters. The Bertz CT molecular complexity index is 117. The second kappa shape index (κ2) is 4.04. The second-order valence-electron chi connectivity index (χ2n) is 3.24. The van der Waals surface area contributed by atoms with Crippen molar-refractivity contribution in [3.05, 3.63) is 0 Å². The van der Waals surface area contributed by atoms with Crippen LogP contribution in [0.15, 0.2) is 0 Å². The van der Waals surface area contributed by atoms with Gasteiger partial charge < -0.3 is 9.84 Å². The third kappa shape index (κ3) is 2.43. The molecule has 3 nitrogen and oxygen atoms in total. The molecule has 0 aromatic carbocycles. The van der Waals surface area contributed by atoms with Crippen LogP contribution in [0.2, 0.25) is 0 Å².